The Kier molecular flexibility index (Phi) is 4.10. The summed E-state index contributed by atoms with van der Waals surface area (Å²) in [5.74, 6) is -0.917. The molecule has 0 bridgehead atoms. The van der Waals surface area contributed by atoms with E-state index in [0.717, 1.165) is 6.42 Å². The number of nitrogens with zero attached hydrogens (tertiary/aromatic N) is 3. The van der Waals surface area contributed by atoms with Crippen LogP contribution in [0.4, 0.5) is 0 Å². The monoisotopic (exact) mass is 301 g/mol. The van der Waals surface area contributed by atoms with Gasteiger partial charge in [-0.25, -0.2) is 4.68 Å². The fraction of sp³-hybridized carbons (Fsp3) is 0.286. The lowest BCUT2D eigenvalue weighted by atomic mass is 10.2. The first-order chi connectivity index (χ1) is 10.7. The number of ether oxygens (including phenoxy) is 1. The lowest BCUT2D eigenvalue weighted by Crippen LogP contribution is -2.41. The molecule has 0 spiro atoms. The molecule has 1 atom stereocenters. The van der Waals surface area contributed by atoms with E-state index in [9.17, 15) is 9.59 Å². The average molecular weight is 301 g/mol. The second-order valence-electron chi connectivity index (χ2n) is 4.88. The molecule has 0 aliphatic carbocycles. The van der Waals surface area contributed by atoms with Crippen molar-refractivity contribution in [3.05, 3.63) is 47.8 Å². The van der Waals surface area contributed by atoms with E-state index in [1.54, 1.807) is 41.2 Å². The van der Waals surface area contributed by atoms with E-state index in [4.69, 9.17) is 4.74 Å². The highest BCUT2D eigenvalue weighted by Crippen LogP contribution is 2.17. The van der Waals surface area contributed by atoms with Gasteiger partial charge in [0.15, 0.2) is 5.69 Å². The maximum absolute atomic E-state index is 11.9. The second-order valence-corrected chi connectivity index (χ2v) is 4.88. The normalized spacial score (nSPS) is 17.2. The number of hydrazine groups is 1. The van der Waals surface area contributed by atoms with E-state index in [0.29, 0.717) is 18.8 Å². The van der Waals surface area contributed by atoms with Gasteiger partial charge in [0.05, 0.1) is 18.8 Å². The Bertz CT molecular complexity index is 664. The Balaban J connectivity index is 1.57. The van der Waals surface area contributed by atoms with Gasteiger partial charge in [-0.3, -0.25) is 20.4 Å². The molecule has 8 nitrogen and oxygen atoms in total. The molecule has 1 aromatic heterocycles. The highest BCUT2D eigenvalue weighted by atomic mass is 16.5. The Morgan fingerprint density at radius 3 is 2.68 bits per heavy atom. The Labute approximate surface area is 126 Å². The number of hydrogen-bond donors (Lipinski definition) is 2. The van der Waals surface area contributed by atoms with Crippen molar-refractivity contribution in [2.24, 2.45) is 0 Å². The molecule has 2 heterocycles. The van der Waals surface area contributed by atoms with E-state index >= 15 is 0 Å². The van der Waals surface area contributed by atoms with Crippen LogP contribution in [0.25, 0.3) is 0 Å². The smallest absolute Gasteiger partial charge is 0.291 e. The van der Waals surface area contributed by atoms with Crippen LogP contribution in [-0.2, 0) is 4.74 Å². The van der Waals surface area contributed by atoms with Gasteiger partial charge in [-0.2, -0.15) is 0 Å². The topological polar surface area (TPSA) is 98.1 Å². The highest BCUT2D eigenvalue weighted by Gasteiger charge is 2.20. The van der Waals surface area contributed by atoms with Crippen molar-refractivity contribution in [2.75, 3.05) is 13.2 Å². The van der Waals surface area contributed by atoms with Crippen LogP contribution in [0.15, 0.2) is 36.5 Å². The first kappa shape index (κ1) is 14.2. The van der Waals surface area contributed by atoms with Crippen LogP contribution in [0.5, 0.6) is 0 Å². The van der Waals surface area contributed by atoms with Crippen LogP contribution in [0.1, 0.15) is 33.3 Å². The van der Waals surface area contributed by atoms with Crippen LogP contribution >= 0.6 is 0 Å². The molecule has 2 N–H and O–H groups in total. The maximum Gasteiger partial charge on any atom is 0.291 e. The number of nitrogens with one attached hydrogen (secondary N) is 2. The van der Waals surface area contributed by atoms with E-state index in [-0.39, 0.29) is 11.7 Å². The standard InChI is InChI=1S/C14H15N5O3/c20-13(10-4-2-1-3-5-10)16-17-14(21)12-8-19(18-15-12)11-6-7-22-9-11/h1-5,8,11H,6-7,9H2,(H,16,20)(H,17,21). The number of carbonyl (C=O) groups is 2. The summed E-state index contributed by atoms with van der Waals surface area (Å²) in [5.41, 5.74) is 5.24. The SMILES string of the molecule is O=C(NNC(=O)c1cn(C2CCOC2)nn1)c1ccccc1. The molecular formula is C14H15N5O3. The van der Waals surface area contributed by atoms with Gasteiger partial charge in [-0.1, -0.05) is 23.4 Å². The summed E-state index contributed by atoms with van der Waals surface area (Å²) >= 11 is 0. The van der Waals surface area contributed by atoms with Crippen molar-refractivity contribution in [1.29, 1.82) is 0 Å². The van der Waals surface area contributed by atoms with Gasteiger partial charge in [0.25, 0.3) is 11.8 Å². The van der Waals surface area contributed by atoms with E-state index in [2.05, 4.69) is 21.2 Å². The molecule has 1 aromatic carbocycles. The summed E-state index contributed by atoms with van der Waals surface area (Å²) in [5, 5.41) is 7.72. The molecule has 8 heteroatoms. The number of carbonyl (C=O) groups excluding carboxylic acids is 2. The van der Waals surface area contributed by atoms with Gasteiger partial charge in [-0.15, -0.1) is 5.10 Å². The molecule has 1 unspecified atom stereocenters. The molecule has 2 aromatic rings. The summed E-state index contributed by atoms with van der Waals surface area (Å²) in [6.07, 6.45) is 2.39. The minimum absolute atomic E-state index is 0.105. The number of hydrogen-bond acceptors (Lipinski definition) is 5. The Morgan fingerprint density at radius 1 is 1.18 bits per heavy atom. The van der Waals surface area contributed by atoms with E-state index < -0.39 is 11.8 Å². The number of aromatic nitrogens is 3. The third-order valence-corrected chi connectivity index (χ3v) is 3.35. The van der Waals surface area contributed by atoms with Gasteiger partial charge in [-0.05, 0) is 18.6 Å². The molecule has 1 aliphatic heterocycles. The third kappa shape index (κ3) is 3.12. The molecule has 0 saturated carbocycles. The first-order valence-corrected chi connectivity index (χ1v) is 6.89. The predicted molar refractivity (Wildman–Crippen MR) is 75.9 cm³/mol. The largest absolute Gasteiger partial charge is 0.379 e. The van der Waals surface area contributed by atoms with Crippen molar-refractivity contribution >= 4 is 11.8 Å². The van der Waals surface area contributed by atoms with Crippen LogP contribution in [0, 0.1) is 0 Å². The molecule has 1 fully saturated rings. The molecule has 1 saturated heterocycles. The minimum atomic E-state index is -0.519. The summed E-state index contributed by atoms with van der Waals surface area (Å²) in [4.78, 5) is 23.7. The lowest BCUT2D eigenvalue weighted by Gasteiger charge is -2.06. The zero-order valence-corrected chi connectivity index (χ0v) is 11.7. The van der Waals surface area contributed by atoms with Gasteiger partial charge in [0, 0.05) is 12.2 Å². The maximum atomic E-state index is 11.9. The summed E-state index contributed by atoms with van der Waals surface area (Å²) in [6.45, 7) is 1.24. The van der Waals surface area contributed by atoms with Crippen LogP contribution < -0.4 is 10.9 Å². The second kappa shape index (κ2) is 6.35. The fourth-order valence-electron chi connectivity index (χ4n) is 2.13. The van der Waals surface area contributed by atoms with E-state index in [1.165, 1.54) is 0 Å². The zero-order valence-electron chi connectivity index (χ0n) is 11.7. The average Bonchev–Trinajstić information content (AvgIpc) is 3.23. The van der Waals surface area contributed by atoms with Crippen molar-refractivity contribution < 1.29 is 14.3 Å². The van der Waals surface area contributed by atoms with Crippen molar-refractivity contribution in [3.63, 3.8) is 0 Å². The molecular weight excluding hydrogens is 286 g/mol. The number of amides is 2. The summed E-state index contributed by atoms with van der Waals surface area (Å²) in [6, 6.07) is 8.70. The van der Waals surface area contributed by atoms with Gasteiger partial charge >= 0.3 is 0 Å². The first-order valence-electron chi connectivity index (χ1n) is 6.89. The van der Waals surface area contributed by atoms with Crippen molar-refractivity contribution in [2.45, 2.75) is 12.5 Å². The summed E-state index contributed by atoms with van der Waals surface area (Å²) in [7, 11) is 0. The molecule has 3 rings (SSSR count). The summed E-state index contributed by atoms with van der Waals surface area (Å²) < 4.78 is 6.88. The number of rotatable bonds is 3. The van der Waals surface area contributed by atoms with Crippen molar-refractivity contribution in [3.8, 4) is 0 Å². The molecule has 2 amide bonds. The zero-order chi connectivity index (χ0) is 15.4. The van der Waals surface area contributed by atoms with Gasteiger partial charge in [0.1, 0.15) is 0 Å². The lowest BCUT2D eigenvalue weighted by molar-refractivity contribution is 0.0844. The molecule has 0 radical (unpaired) electrons. The Hall–Kier alpha value is -2.74. The fourth-order valence-corrected chi connectivity index (χ4v) is 2.13. The van der Waals surface area contributed by atoms with Gasteiger partial charge < -0.3 is 4.74 Å². The van der Waals surface area contributed by atoms with Crippen LogP contribution in [0.3, 0.4) is 0 Å². The van der Waals surface area contributed by atoms with Crippen LogP contribution in [-0.4, -0.2) is 40.0 Å². The van der Waals surface area contributed by atoms with Gasteiger partial charge in [0.2, 0.25) is 0 Å². The molecule has 22 heavy (non-hydrogen) atoms. The number of benzene rings is 1. The molecule has 1 aliphatic rings. The van der Waals surface area contributed by atoms with Crippen molar-refractivity contribution in [1.82, 2.24) is 25.8 Å². The van der Waals surface area contributed by atoms with Crippen LogP contribution in [0.2, 0.25) is 0 Å². The molecule has 114 valence electrons. The minimum Gasteiger partial charge on any atom is -0.379 e. The Morgan fingerprint density at radius 2 is 1.95 bits per heavy atom. The third-order valence-electron chi connectivity index (χ3n) is 3.35. The quantitative estimate of drug-likeness (QED) is 0.795. The van der Waals surface area contributed by atoms with E-state index in [1.807, 2.05) is 0 Å². The predicted octanol–water partition coefficient (Wildman–Crippen LogP) is 0.314. The highest BCUT2D eigenvalue weighted by molar-refractivity contribution is 5.98.